The van der Waals surface area contributed by atoms with Gasteiger partial charge in [-0.05, 0) is 37.8 Å². The molecule has 0 amide bonds. The van der Waals surface area contributed by atoms with E-state index in [-0.39, 0.29) is 16.6 Å². The summed E-state index contributed by atoms with van der Waals surface area (Å²) in [6.45, 7) is 5.62. The molecule has 2 rings (SSSR count). The maximum absolute atomic E-state index is 13.1. The van der Waals surface area contributed by atoms with Crippen LogP contribution in [0.15, 0.2) is 17.0 Å². The molecule has 0 radical (unpaired) electrons. The van der Waals surface area contributed by atoms with E-state index in [9.17, 15) is 18.5 Å². The van der Waals surface area contributed by atoms with Crippen LogP contribution in [0.4, 0.5) is 5.69 Å². The molecule has 0 bridgehead atoms. The van der Waals surface area contributed by atoms with Gasteiger partial charge in [0.25, 0.3) is 5.69 Å². The van der Waals surface area contributed by atoms with Gasteiger partial charge < -0.3 is 0 Å². The van der Waals surface area contributed by atoms with Crippen LogP contribution in [0, 0.1) is 24.0 Å². The number of nitro groups is 1. The number of rotatable bonds is 5. The fourth-order valence-electron chi connectivity index (χ4n) is 3.30. The highest BCUT2D eigenvalue weighted by molar-refractivity contribution is 7.89. The van der Waals surface area contributed by atoms with Crippen molar-refractivity contribution in [2.24, 2.45) is 0 Å². The van der Waals surface area contributed by atoms with Crippen LogP contribution in [0.5, 0.6) is 0 Å². The van der Waals surface area contributed by atoms with Crippen molar-refractivity contribution in [2.75, 3.05) is 6.54 Å². The van der Waals surface area contributed by atoms with Crippen LogP contribution >= 0.6 is 0 Å². The first-order valence-electron chi connectivity index (χ1n) is 8.06. The van der Waals surface area contributed by atoms with Crippen molar-refractivity contribution in [2.45, 2.75) is 63.8 Å². The third-order valence-electron chi connectivity index (χ3n) is 4.70. The van der Waals surface area contributed by atoms with Crippen molar-refractivity contribution in [3.63, 3.8) is 0 Å². The lowest BCUT2D eigenvalue weighted by Crippen LogP contribution is -2.41. The van der Waals surface area contributed by atoms with Crippen molar-refractivity contribution in [3.8, 4) is 0 Å². The van der Waals surface area contributed by atoms with Crippen LogP contribution in [0.3, 0.4) is 0 Å². The van der Waals surface area contributed by atoms with Gasteiger partial charge in [0.05, 0.1) is 9.82 Å². The van der Waals surface area contributed by atoms with Crippen LogP contribution in [0.1, 0.15) is 50.2 Å². The zero-order chi connectivity index (χ0) is 17.2. The van der Waals surface area contributed by atoms with Gasteiger partial charge >= 0.3 is 0 Å². The Kier molecular flexibility index (Phi) is 5.41. The molecule has 0 N–H and O–H groups in total. The fraction of sp³-hybridized carbons (Fsp3) is 0.625. The lowest BCUT2D eigenvalue weighted by atomic mass is 9.95. The van der Waals surface area contributed by atoms with Crippen LogP contribution < -0.4 is 0 Å². The van der Waals surface area contributed by atoms with Crippen molar-refractivity contribution in [1.29, 1.82) is 0 Å². The summed E-state index contributed by atoms with van der Waals surface area (Å²) in [5.41, 5.74) is 1.04. The van der Waals surface area contributed by atoms with Gasteiger partial charge in [0.1, 0.15) is 0 Å². The maximum atomic E-state index is 13.1. The first kappa shape index (κ1) is 17.9. The molecule has 6 nitrogen and oxygen atoms in total. The molecule has 23 heavy (non-hydrogen) atoms. The second-order valence-electron chi connectivity index (χ2n) is 6.14. The van der Waals surface area contributed by atoms with Gasteiger partial charge in [0, 0.05) is 24.7 Å². The Hall–Kier alpha value is -1.47. The van der Waals surface area contributed by atoms with Gasteiger partial charge in [0.15, 0.2) is 0 Å². The molecular weight excluding hydrogens is 316 g/mol. The monoisotopic (exact) mass is 340 g/mol. The second-order valence-corrected chi connectivity index (χ2v) is 8.00. The minimum atomic E-state index is -3.73. The van der Waals surface area contributed by atoms with Crippen LogP contribution in [0.25, 0.3) is 0 Å². The van der Waals surface area contributed by atoms with E-state index in [1.54, 1.807) is 13.8 Å². The van der Waals surface area contributed by atoms with E-state index in [1.807, 2.05) is 6.92 Å². The van der Waals surface area contributed by atoms with E-state index in [0.29, 0.717) is 17.7 Å². The van der Waals surface area contributed by atoms with Crippen LogP contribution in [0.2, 0.25) is 0 Å². The normalized spacial score (nSPS) is 16.7. The molecule has 1 aromatic carbocycles. The van der Waals surface area contributed by atoms with E-state index in [4.69, 9.17) is 0 Å². The Bertz CT molecular complexity index is 694. The average molecular weight is 340 g/mol. The van der Waals surface area contributed by atoms with Gasteiger partial charge in [-0.3, -0.25) is 10.1 Å². The minimum Gasteiger partial charge on any atom is -0.258 e. The lowest BCUT2D eigenvalue weighted by molar-refractivity contribution is -0.385. The highest BCUT2D eigenvalue weighted by atomic mass is 32.2. The molecule has 0 unspecified atom stereocenters. The highest BCUT2D eigenvalue weighted by Crippen LogP contribution is 2.31. The Morgan fingerprint density at radius 1 is 1.22 bits per heavy atom. The molecular formula is C16H24N2O4S. The standard InChI is InChI=1S/C16H24N2O4S/c1-4-17(14-8-6-5-7-9-14)23(21,22)16-11-15(18(19)20)10-12(2)13(16)3/h10-11,14H,4-9H2,1-3H3. The number of nitrogens with zero attached hydrogens (tertiary/aromatic N) is 2. The van der Waals surface area contributed by atoms with E-state index < -0.39 is 14.9 Å². The largest absolute Gasteiger partial charge is 0.271 e. The van der Waals surface area contributed by atoms with Gasteiger partial charge in [-0.15, -0.1) is 0 Å². The van der Waals surface area contributed by atoms with Gasteiger partial charge in [-0.2, -0.15) is 4.31 Å². The quantitative estimate of drug-likeness (QED) is 0.606. The van der Waals surface area contributed by atoms with Crippen molar-refractivity contribution < 1.29 is 13.3 Å². The molecule has 0 heterocycles. The number of hydrogen-bond donors (Lipinski definition) is 0. The summed E-state index contributed by atoms with van der Waals surface area (Å²) in [6, 6.07) is 2.62. The summed E-state index contributed by atoms with van der Waals surface area (Å²) in [6.07, 6.45) is 4.93. The second kappa shape index (κ2) is 6.97. The Labute approximate surface area is 137 Å². The van der Waals surface area contributed by atoms with Gasteiger partial charge in [0.2, 0.25) is 10.0 Å². The number of benzene rings is 1. The fourth-order valence-corrected chi connectivity index (χ4v) is 5.32. The Morgan fingerprint density at radius 2 is 1.83 bits per heavy atom. The maximum Gasteiger partial charge on any atom is 0.271 e. The Morgan fingerprint density at radius 3 is 2.35 bits per heavy atom. The topological polar surface area (TPSA) is 80.5 Å². The third kappa shape index (κ3) is 3.55. The zero-order valence-electron chi connectivity index (χ0n) is 13.9. The summed E-state index contributed by atoms with van der Waals surface area (Å²) in [4.78, 5) is 10.6. The molecule has 0 aliphatic heterocycles. The zero-order valence-corrected chi connectivity index (χ0v) is 14.7. The predicted octanol–water partition coefficient (Wildman–Crippen LogP) is 3.55. The summed E-state index contributed by atoms with van der Waals surface area (Å²) in [5.74, 6) is 0. The van der Waals surface area contributed by atoms with Crippen molar-refractivity contribution >= 4 is 15.7 Å². The molecule has 1 aliphatic rings. The molecule has 7 heteroatoms. The first-order chi connectivity index (χ1) is 10.8. The molecule has 0 spiro atoms. The SMILES string of the molecule is CCN(C1CCCCC1)S(=O)(=O)c1cc([N+](=O)[O-])cc(C)c1C. The van der Waals surface area contributed by atoms with E-state index in [1.165, 1.54) is 16.4 Å². The predicted molar refractivity (Wildman–Crippen MR) is 89.0 cm³/mol. The molecule has 0 saturated heterocycles. The van der Waals surface area contributed by atoms with E-state index in [2.05, 4.69) is 0 Å². The Balaban J connectivity index is 2.50. The van der Waals surface area contributed by atoms with Gasteiger partial charge in [-0.25, -0.2) is 8.42 Å². The average Bonchev–Trinajstić information content (AvgIpc) is 2.51. The molecule has 1 saturated carbocycles. The highest BCUT2D eigenvalue weighted by Gasteiger charge is 2.33. The number of non-ortho nitro benzene ring substituents is 1. The van der Waals surface area contributed by atoms with Crippen molar-refractivity contribution in [3.05, 3.63) is 33.4 Å². The first-order valence-corrected chi connectivity index (χ1v) is 9.50. The molecule has 128 valence electrons. The third-order valence-corrected chi connectivity index (χ3v) is 6.85. The minimum absolute atomic E-state index is 0.00211. The summed E-state index contributed by atoms with van der Waals surface area (Å²) in [7, 11) is -3.73. The summed E-state index contributed by atoms with van der Waals surface area (Å²) in [5, 5.41) is 11.1. The molecule has 0 atom stereocenters. The number of hydrogen-bond acceptors (Lipinski definition) is 4. The van der Waals surface area contributed by atoms with Crippen molar-refractivity contribution in [1.82, 2.24) is 4.31 Å². The van der Waals surface area contributed by atoms with Crippen LogP contribution in [-0.4, -0.2) is 30.2 Å². The lowest BCUT2D eigenvalue weighted by Gasteiger charge is -2.33. The smallest absolute Gasteiger partial charge is 0.258 e. The number of nitro benzene ring substituents is 1. The molecule has 1 aromatic rings. The molecule has 1 aliphatic carbocycles. The van der Waals surface area contributed by atoms with Crippen LogP contribution in [-0.2, 0) is 10.0 Å². The summed E-state index contributed by atoms with van der Waals surface area (Å²) >= 11 is 0. The van der Waals surface area contributed by atoms with E-state index >= 15 is 0 Å². The molecule has 0 aromatic heterocycles. The molecule has 1 fully saturated rings. The van der Waals surface area contributed by atoms with Gasteiger partial charge in [-0.1, -0.05) is 26.2 Å². The number of aryl methyl sites for hydroxylation is 1. The summed E-state index contributed by atoms with van der Waals surface area (Å²) < 4.78 is 27.8. The number of sulfonamides is 1. The van der Waals surface area contributed by atoms with E-state index in [0.717, 1.165) is 32.1 Å².